The first kappa shape index (κ1) is 17.2. The highest BCUT2D eigenvalue weighted by Crippen LogP contribution is 2.27. The molecule has 1 aliphatic rings. The van der Waals surface area contributed by atoms with E-state index < -0.39 is 0 Å². The highest BCUT2D eigenvalue weighted by molar-refractivity contribution is 5.93. The molecule has 0 fully saturated rings. The SMILES string of the molecule is C=CCOc1ccc(C=CC(=O)N2CCc3[nH]c4ccccc4c3C2)cc1. The Morgan fingerprint density at radius 2 is 2.00 bits per heavy atom. The Labute approximate surface area is 158 Å². The van der Waals surface area contributed by atoms with Crippen molar-refractivity contribution >= 4 is 22.9 Å². The molecule has 4 rings (SSSR count). The fourth-order valence-corrected chi connectivity index (χ4v) is 3.46. The first-order valence-electron chi connectivity index (χ1n) is 9.14. The molecule has 0 saturated heterocycles. The summed E-state index contributed by atoms with van der Waals surface area (Å²) in [5.74, 6) is 0.833. The van der Waals surface area contributed by atoms with E-state index in [-0.39, 0.29) is 5.91 Å². The minimum atomic E-state index is 0.0397. The van der Waals surface area contributed by atoms with Gasteiger partial charge in [0.2, 0.25) is 5.91 Å². The zero-order valence-corrected chi connectivity index (χ0v) is 15.2. The number of nitrogens with one attached hydrogen (secondary N) is 1. The normalized spacial score (nSPS) is 13.7. The average molecular weight is 358 g/mol. The van der Waals surface area contributed by atoms with Crippen LogP contribution in [0.15, 0.2) is 67.3 Å². The van der Waals surface area contributed by atoms with Gasteiger partial charge in [-0.3, -0.25) is 4.79 Å². The monoisotopic (exact) mass is 358 g/mol. The van der Waals surface area contributed by atoms with Gasteiger partial charge in [-0.05, 0) is 29.8 Å². The van der Waals surface area contributed by atoms with Gasteiger partial charge >= 0.3 is 0 Å². The highest BCUT2D eigenvalue weighted by atomic mass is 16.5. The number of hydrogen-bond acceptors (Lipinski definition) is 2. The van der Waals surface area contributed by atoms with E-state index >= 15 is 0 Å². The Hall–Kier alpha value is -3.27. The van der Waals surface area contributed by atoms with Crippen LogP contribution in [0.2, 0.25) is 0 Å². The number of carbonyl (C=O) groups is 1. The molecule has 0 bridgehead atoms. The molecule has 4 heteroatoms. The quantitative estimate of drug-likeness (QED) is 0.545. The summed E-state index contributed by atoms with van der Waals surface area (Å²) < 4.78 is 5.47. The fourth-order valence-electron chi connectivity index (χ4n) is 3.46. The molecule has 0 atom stereocenters. The third kappa shape index (κ3) is 3.65. The molecule has 0 unspecified atom stereocenters. The Morgan fingerprint density at radius 1 is 1.19 bits per heavy atom. The molecule has 136 valence electrons. The largest absolute Gasteiger partial charge is 0.490 e. The summed E-state index contributed by atoms with van der Waals surface area (Å²) >= 11 is 0. The summed E-state index contributed by atoms with van der Waals surface area (Å²) in [6.45, 7) is 5.50. The smallest absolute Gasteiger partial charge is 0.246 e. The Bertz CT molecular complexity index is 999. The number of H-pyrrole nitrogens is 1. The van der Waals surface area contributed by atoms with Gasteiger partial charge in [0.15, 0.2) is 0 Å². The van der Waals surface area contributed by atoms with Crippen molar-refractivity contribution in [3.05, 3.63) is 84.1 Å². The summed E-state index contributed by atoms with van der Waals surface area (Å²) in [5, 5.41) is 1.21. The number of carbonyl (C=O) groups excluding carboxylic acids is 1. The molecule has 0 saturated carbocycles. The Kier molecular flexibility index (Phi) is 4.79. The van der Waals surface area contributed by atoms with E-state index in [1.165, 1.54) is 16.6 Å². The van der Waals surface area contributed by atoms with Crippen molar-refractivity contribution in [2.75, 3.05) is 13.2 Å². The van der Waals surface area contributed by atoms with Crippen LogP contribution in [0.1, 0.15) is 16.8 Å². The van der Waals surface area contributed by atoms with Gasteiger partial charge in [0.25, 0.3) is 0 Å². The van der Waals surface area contributed by atoms with E-state index in [1.807, 2.05) is 47.4 Å². The molecule has 0 aliphatic carbocycles. The van der Waals surface area contributed by atoms with Crippen molar-refractivity contribution in [2.45, 2.75) is 13.0 Å². The van der Waals surface area contributed by atoms with Gasteiger partial charge in [0.05, 0.1) is 0 Å². The van der Waals surface area contributed by atoms with E-state index in [9.17, 15) is 4.79 Å². The number of para-hydroxylation sites is 1. The maximum atomic E-state index is 12.6. The molecular weight excluding hydrogens is 336 g/mol. The lowest BCUT2D eigenvalue weighted by molar-refractivity contribution is -0.126. The molecule has 1 aliphatic heterocycles. The molecule has 1 N–H and O–H groups in total. The minimum Gasteiger partial charge on any atom is -0.490 e. The third-order valence-electron chi connectivity index (χ3n) is 4.86. The second-order valence-electron chi connectivity index (χ2n) is 6.64. The molecule has 0 spiro atoms. The van der Waals surface area contributed by atoms with Crippen LogP contribution in [-0.2, 0) is 17.8 Å². The first-order chi connectivity index (χ1) is 13.2. The summed E-state index contributed by atoms with van der Waals surface area (Å²) in [6.07, 6.45) is 6.08. The van der Waals surface area contributed by atoms with Crippen LogP contribution in [-0.4, -0.2) is 28.9 Å². The van der Waals surface area contributed by atoms with Crippen molar-refractivity contribution in [1.29, 1.82) is 0 Å². The minimum absolute atomic E-state index is 0.0397. The maximum absolute atomic E-state index is 12.6. The predicted molar refractivity (Wildman–Crippen MR) is 109 cm³/mol. The van der Waals surface area contributed by atoms with Crippen molar-refractivity contribution in [1.82, 2.24) is 9.88 Å². The van der Waals surface area contributed by atoms with Gasteiger partial charge in [-0.2, -0.15) is 0 Å². The number of fused-ring (bicyclic) bond motifs is 3. The highest BCUT2D eigenvalue weighted by Gasteiger charge is 2.22. The molecule has 27 heavy (non-hydrogen) atoms. The molecule has 2 heterocycles. The maximum Gasteiger partial charge on any atom is 0.246 e. The molecular formula is C23H22N2O2. The second-order valence-corrected chi connectivity index (χ2v) is 6.64. The third-order valence-corrected chi connectivity index (χ3v) is 4.86. The predicted octanol–water partition coefficient (Wildman–Crippen LogP) is 4.33. The Balaban J connectivity index is 1.44. The average Bonchev–Trinajstić information content (AvgIpc) is 3.09. The molecule has 2 aromatic carbocycles. The van der Waals surface area contributed by atoms with Crippen LogP contribution in [0.25, 0.3) is 17.0 Å². The summed E-state index contributed by atoms with van der Waals surface area (Å²) in [6, 6.07) is 15.9. The van der Waals surface area contributed by atoms with Gasteiger partial charge in [-0.15, -0.1) is 0 Å². The van der Waals surface area contributed by atoms with Crippen LogP contribution < -0.4 is 4.74 Å². The van der Waals surface area contributed by atoms with Crippen molar-refractivity contribution in [3.8, 4) is 5.75 Å². The van der Waals surface area contributed by atoms with E-state index in [0.29, 0.717) is 13.2 Å². The lowest BCUT2D eigenvalue weighted by atomic mass is 10.0. The van der Waals surface area contributed by atoms with E-state index in [4.69, 9.17) is 4.74 Å². The zero-order valence-electron chi connectivity index (χ0n) is 15.2. The van der Waals surface area contributed by atoms with Crippen LogP contribution in [0.5, 0.6) is 5.75 Å². The molecule has 0 radical (unpaired) electrons. The number of nitrogens with zero attached hydrogens (tertiary/aromatic N) is 1. The summed E-state index contributed by atoms with van der Waals surface area (Å²) in [5.41, 5.74) is 4.60. The summed E-state index contributed by atoms with van der Waals surface area (Å²) in [4.78, 5) is 18.0. The number of aromatic nitrogens is 1. The van der Waals surface area contributed by atoms with Gasteiger partial charge in [-0.1, -0.05) is 43.0 Å². The van der Waals surface area contributed by atoms with Crippen LogP contribution in [0.3, 0.4) is 0 Å². The number of rotatable bonds is 5. The fraction of sp³-hybridized carbons (Fsp3) is 0.174. The van der Waals surface area contributed by atoms with Gasteiger partial charge in [0.1, 0.15) is 12.4 Å². The van der Waals surface area contributed by atoms with Gasteiger partial charge < -0.3 is 14.6 Å². The van der Waals surface area contributed by atoms with Crippen molar-refractivity contribution in [2.24, 2.45) is 0 Å². The van der Waals surface area contributed by atoms with Crippen LogP contribution in [0, 0.1) is 0 Å². The van der Waals surface area contributed by atoms with Gasteiger partial charge in [-0.25, -0.2) is 0 Å². The lowest BCUT2D eigenvalue weighted by Crippen LogP contribution is -2.34. The number of amides is 1. The van der Waals surface area contributed by atoms with Crippen LogP contribution >= 0.6 is 0 Å². The van der Waals surface area contributed by atoms with Gasteiger partial charge in [0, 0.05) is 47.7 Å². The number of hydrogen-bond donors (Lipinski definition) is 1. The standard InChI is InChI=1S/C23H22N2O2/c1-2-15-27-18-10-7-17(8-11-18)9-12-23(26)25-14-13-22-20(16-25)19-5-3-4-6-21(19)24-22/h2-12,24H,1,13-16H2. The van der Waals surface area contributed by atoms with E-state index in [1.54, 1.807) is 12.2 Å². The van der Waals surface area contributed by atoms with Crippen molar-refractivity contribution < 1.29 is 9.53 Å². The van der Waals surface area contributed by atoms with E-state index in [0.717, 1.165) is 29.8 Å². The molecule has 1 aromatic heterocycles. The number of benzene rings is 2. The van der Waals surface area contributed by atoms with Crippen LogP contribution in [0.4, 0.5) is 0 Å². The Morgan fingerprint density at radius 3 is 2.81 bits per heavy atom. The van der Waals surface area contributed by atoms with Crippen molar-refractivity contribution in [3.63, 3.8) is 0 Å². The number of ether oxygens (including phenoxy) is 1. The topological polar surface area (TPSA) is 45.3 Å². The zero-order chi connectivity index (χ0) is 18.6. The van der Waals surface area contributed by atoms with E-state index in [2.05, 4.69) is 23.7 Å². The molecule has 1 amide bonds. The second kappa shape index (κ2) is 7.54. The first-order valence-corrected chi connectivity index (χ1v) is 9.14. The lowest BCUT2D eigenvalue weighted by Gasteiger charge is -2.26. The number of aromatic amines is 1. The summed E-state index contributed by atoms with van der Waals surface area (Å²) in [7, 11) is 0. The molecule has 4 nitrogen and oxygen atoms in total. The molecule has 3 aromatic rings.